The lowest BCUT2D eigenvalue weighted by Gasteiger charge is -2.19. The van der Waals surface area contributed by atoms with Gasteiger partial charge in [0.1, 0.15) is 17.4 Å². The Morgan fingerprint density at radius 3 is 2.52 bits per heavy atom. The molecule has 0 heterocycles. The van der Waals surface area contributed by atoms with Crippen LogP contribution in [-0.2, 0) is 6.54 Å². The summed E-state index contributed by atoms with van der Waals surface area (Å²) in [5, 5.41) is 19.8. The third-order valence-electron chi connectivity index (χ3n) is 3.07. The summed E-state index contributed by atoms with van der Waals surface area (Å²) in [4.78, 5) is 12.2. The number of rotatable bonds is 4. The molecule has 0 aliphatic rings. The van der Waals surface area contributed by atoms with E-state index in [4.69, 9.17) is 5.26 Å². The van der Waals surface area contributed by atoms with Crippen molar-refractivity contribution in [2.75, 3.05) is 11.9 Å². The SMILES string of the molecule is CN(Cc1ccc(F)cc1)c1ccc(C#N)c([N+](=O)[O-])c1. The second-order valence-electron chi connectivity index (χ2n) is 4.55. The number of halogens is 1. The number of benzene rings is 2. The lowest BCUT2D eigenvalue weighted by atomic mass is 10.1. The third-order valence-corrected chi connectivity index (χ3v) is 3.07. The van der Waals surface area contributed by atoms with E-state index in [2.05, 4.69) is 0 Å². The van der Waals surface area contributed by atoms with Gasteiger partial charge < -0.3 is 4.90 Å². The van der Waals surface area contributed by atoms with E-state index in [0.717, 1.165) is 5.56 Å². The van der Waals surface area contributed by atoms with Crippen molar-refractivity contribution < 1.29 is 9.31 Å². The Hall–Kier alpha value is -2.94. The quantitative estimate of drug-likeness (QED) is 0.638. The van der Waals surface area contributed by atoms with Gasteiger partial charge in [0.25, 0.3) is 5.69 Å². The molecular formula is C15H12FN3O2. The molecule has 0 unspecified atom stereocenters. The second kappa shape index (κ2) is 6.01. The van der Waals surface area contributed by atoms with Crippen molar-refractivity contribution >= 4 is 11.4 Å². The molecule has 2 rings (SSSR count). The average molecular weight is 285 g/mol. The van der Waals surface area contributed by atoms with Crippen molar-refractivity contribution in [2.45, 2.75) is 6.54 Å². The van der Waals surface area contributed by atoms with Crippen LogP contribution in [0, 0.1) is 27.3 Å². The summed E-state index contributed by atoms with van der Waals surface area (Å²) in [5.41, 5.74) is 1.30. The van der Waals surface area contributed by atoms with Crippen molar-refractivity contribution in [2.24, 2.45) is 0 Å². The van der Waals surface area contributed by atoms with Crippen molar-refractivity contribution in [3.8, 4) is 6.07 Å². The zero-order valence-corrected chi connectivity index (χ0v) is 11.3. The summed E-state index contributed by atoms with van der Waals surface area (Å²) in [6.07, 6.45) is 0. The second-order valence-corrected chi connectivity index (χ2v) is 4.55. The number of nitro groups is 1. The van der Waals surface area contributed by atoms with E-state index in [0.29, 0.717) is 12.2 Å². The van der Waals surface area contributed by atoms with E-state index in [1.807, 2.05) is 0 Å². The van der Waals surface area contributed by atoms with E-state index >= 15 is 0 Å². The molecule has 0 fully saturated rings. The molecule has 21 heavy (non-hydrogen) atoms. The predicted molar refractivity (Wildman–Crippen MR) is 76.3 cm³/mol. The topological polar surface area (TPSA) is 70.2 Å². The van der Waals surface area contributed by atoms with Gasteiger partial charge in [0.2, 0.25) is 0 Å². The maximum absolute atomic E-state index is 12.9. The van der Waals surface area contributed by atoms with Crippen LogP contribution >= 0.6 is 0 Å². The molecular weight excluding hydrogens is 273 g/mol. The summed E-state index contributed by atoms with van der Waals surface area (Å²) < 4.78 is 12.9. The molecule has 0 saturated heterocycles. The van der Waals surface area contributed by atoms with E-state index in [1.165, 1.54) is 24.3 Å². The lowest BCUT2D eigenvalue weighted by Crippen LogP contribution is -2.16. The molecule has 0 spiro atoms. The van der Waals surface area contributed by atoms with Gasteiger partial charge in [-0.15, -0.1) is 0 Å². The molecule has 0 aromatic heterocycles. The highest BCUT2D eigenvalue weighted by molar-refractivity contribution is 5.60. The fraction of sp³-hybridized carbons (Fsp3) is 0.133. The molecule has 0 bridgehead atoms. The van der Waals surface area contributed by atoms with Gasteiger partial charge in [-0.05, 0) is 29.8 Å². The van der Waals surface area contributed by atoms with E-state index in [9.17, 15) is 14.5 Å². The number of hydrogen-bond acceptors (Lipinski definition) is 4. The van der Waals surface area contributed by atoms with Gasteiger partial charge >= 0.3 is 0 Å². The van der Waals surface area contributed by atoms with Crippen LogP contribution in [0.4, 0.5) is 15.8 Å². The number of nitrogens with zero attached hydrogens (tertiary/aromatic N) is 3. The summed E-state index contributed by atoms with van der Waals surface area (Å²) in [7, 11) is 1.77. The smallest absolute Gasteiger partial charge is 0.289 e. The minimum absolute atomic E-state index is 0.0268. The Balaban J connectivity index is 2.25. The van der Waals surface area contributed by atoms with Crippen LogP contribution < -0.4 is 4.90 Å². The first-order chi connectivity index (χ1) is 10.0. The molecule has 0 N–H and O–H groups in total. The minimum Gasteiger partial charge on any atom is -0.370 e. The molecule has 0 amide bonds. The molecule has 0 radical (unpaired) electrons. The largest absolute Gasteiger partial charge is 0.370 e. The fourth-order valence-corrected chi connectivity index (χ4v) is 1.96. The maximum Gasteiger partial charge on any atom is 0.289 e. The van der Waals surface area contributed by atoms with Crippen LogP contribution in [0.15, 0.2) is 42.5 Å². The van der Waals surface area contributed by atoms with Crippen LogP contribution in [0.1, 0.15) is 11.1 Å². The van der Waals surface area contributed by atoms with E-state index in [-0.39, 0.29) is 17.1 Å². The summed E-state index contributed by atoms with van der Waals surface area (Å²) in [5.74, 6) is -0.310. The van der Waals surface area contributed by atoms with Crippen molar-refractivity contribution in [1.82, 2.24) is 0 Å². The molecule has 6 heteroatoms. The molecule has 0 atom stereocenters. The van der Waals surface area contributed by atoms with Crippen molar-refractivity contribution in [3.63, 3.8) is 0 Å². The predicted octanol–water partition coefficient (Wildman–Crippen LogP) is 3.24. The highest BCUT2D eigenvalue weighted by Crippen LogP contribution is 2.25. The summed E-state index contributed by atoms with van der Waals surface area (Å²) in [6.45, 7) is 0.476. The Kier molecular flexibility index (Phi) is 4.14. The normalized spacial score (nSPS) is 9.95. The van der Waals surface area contributed by atoms with Gasteiger partial charge in [-0.2, -0.15) is 5.26 Å². The first kappa shape index (κ1) is 14.5. The average Bonchev–Trinajstić information content (AvgIpc) is 2.48. The van der Waals surface area contributed by atoms with E-state index < -0.39 is 4.92 Å². The first-order valence-corrected chi connectivity index (χ1v) is 6.15. The van der Waals surface area contributed by atoms with Crippen molar-refractivity contribution in [1.29, 1.82) is 5.26 Å². The third kappa shape index (κ3) is 3.34. The monoisotopic (exact) mass is 285 g/mol. The van der Waals surface area contributed by atoms with Gasteiger partial charge in [-0.1, -0.05) is 12.1 Å². The van der Waals surface area contributed by atoms with Crippen molar-refractivity contribution in [3.05, 3.63) is 69.5 Å². The number of nitriles is 1. The first-order valence-electron chi connectivity index (χ1n) is 6.15. The van der Waals surface area contributed by atoms with Gasteiger partial charge in [0.15, 0.2) is 0 Å². The Morgan fingerprint density at radius 1 is 1.29 bits per heavy atom. The standard InChI is InChI=1S/C15H12FN3O2/c1-18(10-11-2-5-13(16)6-3-11)14-7-4-12(9-17)15(8-14)19(20)21/h2-8H,10H2,1H3. The number of hydrogen-bond donors (Lipinski definition) is 0. The number of anilines is 1. The Bertz CT molecular complexity index is 708. The van der Waals surface area contributed by atoms with Gasteiger partial charge in [-0.3, -0.25) is 10.1 Å². The van der Waals surface area contributed by atoms with Crippen LogP contribution in [-0.4, -0.2) is 12.0 Å². The maximum atomic E-state index is 12.9. The van der Waals surface area contributed by atoms with Crippen LogP contribution in [0.25, 0.3) is 0 Å². The highest BCUT2D eigenvalue weighted by atomic mass is 19.1. The minimum atomic E-state index is -0.576. The molecule has 2 aromatic rings. The summed E-state index contributed by atoms with van der Waals surface area (Å²) in [6, 6.07) is 12.3. The van der Waals surface area contributed by atoms with Gasteiger partial charge in [-0.25, -0.2) is 4.39 Å². The molecule has 5 nitrogen and oxygen atoms in total. The molecule has 0 aliphatic carbocycles. The Labute approximate surface area is 121 Å². The summed E-state index contributed by atoms with van der Waals surface area (Å²) >= 11 is 0. The molecule has 0 saturated carbocycles. The highest BCUT2D eigenvalue weighted by Gasteiger charge is 2.15. The fourth-order valence-electron chi connectivity index (χ4n) is 1.96. The van der Waals surface area contributed by atoms with Crippen LogP contribution in [0.2, 0.25) is 0 Å². The van der Waals surface area contributed by atoms with Gasteiger partial charge in [0, 0.05) is 25.3 Å². The van der Waals surface area contributed by atoms with E-state index in [1.54, 1.807) is 36.2 Å². The Morgan fingerprint density at radius 2 is 1.95 bits per heavy atom. The zero-order valence-electron chi connectivity index (χ0n) is 11.3. The lowest BCUT2D eigenvalue weighted by molar-refractivity contribution is -0.385. The number of nitro benzene ring substituents is 1. The molecule has 106 valence electrons. The molecule has 2 aromatic carbocycles. The molecule has 0 aliphatic heterocycles. The zero-order chi connectivity index (χ0) is 15.4. The van der Waals surface area contributed by atoms with Gasteiger partial charge in [0.05, 0.1) is 4.92 Å². The van der Waals surface area contributed by atoms with Crippen LogP contribution in [0.3, 0.4) is 0 Å². The van der Waals surface area contributed by atoms with Crippen LogP contribution in [0.5, 0.6) is 0 Å².